The van der Waals surface area contributed by atoms with E-state index in [-0.39, 0.29) is 80.2 Å². The van der Waals surface area contributed by atoms with E-state index in [1.165, 1.54) is 7.11 Å². The molecule has 1 aliphatic rings. The molecule has 260 valence electrons. The lowest BCUT2D eigenvalue weighted by Gasteiger charge is -2.35. The minimum absolute atomic E-state index is 0.0548. The minimum Gasteiger partial charge on any atom is -0.496 e. The SMILES string of the molecule is CCOC(=O)[C@H]1CCCN(C(=O)CCC(=O)N(CC(C)(C)C)c2c(OCC(C)(C)CO)cc(Cl)cc2[C@H](O)c2ccccc2OC)C1. The molecule has 1 fully saturated rings. The van der Waals surface area contributed by atoms with Crippen LogP contribution in [0, 0.1) is 16.7 Å². The van der Waals surface area contributed by atoms with E-state index in [4.69, 9.17) is 25.8 Å². The van der Waals surface area contributed by atoms with Crippen LogP contribution in [-0.2, 0) is 19.1 Å². The van der Waals surface area contributed by atoms with Gasteiger partial charge in [0, 0.05) is 60.1 Å². The third-order valence-corrected chi connectivity index (χ3v) is 8.21. The van der Waals surface area contributed by atoms with Gasteiger partial charge in [-0.05, 0) is 37.3 Å². The van der Waals surface area contributed by atoms with Crippen molar-refractivity contribution in [1.29, 1.82) is 0 Å². The Balaban J connectivity index is 2.04. The first-order valence-electron chi connectivity index (χ1n) is 16.2. The van der Waals surface area contributed by atoms with Crippen molar-refractivity contribution >= 4 is 35.1 Å². The number of aliphatic hydroxyl groups is 2. The molecule has 47 heavy (non-hydrogen) atoms. The highest BCUT2D eigenvalue weighted by Crippen LogP contribution is 2.44. The number of para-hydroxylation sites is 1. The minimum atomic E-state index is -1.25. The third-order valence-electron chi connectivity index (χ3n) is 7.99. The molecule has 2 aromatic carbocycles. The Hall–Kier alpha value is -3.34. The largest absolute Gasteiger partial charge is 0.496 e. The molecule has 2 amide bonds. The molecule has 10 nitrogen and oxygen atoms in total. The molecule has 11 heteroatoms. The summed E-state index contributed by atoms with van der Waals surface area (Å²) in [6, 6.07) is 10.3. The number of anilines is 1. The number of benzene rings is 2. The van der Waals surface area contributed by atoms with Gasteiger partial charge in [-0.15, -0.1) is 0 Å². The number of hydrogen-bond acceptors (Lipinski definition) is 8. The molecule has 3 rings (SSSR count). The lowest BCUT2D eigenvalue weighted by atomic mass is 9.93. The van der Waals surface area contributed by atoms with E-state index in [9.17, 15) is 24.6 Å². The van der Waals surface area contributed by atoms with E-state index in [2.05, 4.69) is 0 Å². The van der Waals surface area contributed by atoms with Crippen molar-refractivity contribution in [2.24, 2.45) is 16.7 Å². The number of likely N-dealkylation sites (tertiary alicyclic amines) is 1. The highest BCUT2D eigenvalue weighted by atomic mass is 35.5. The van der Waals surface area contributed by atoms with Crippen LogP contribution in [0.15, 0.2) is 36.4 Å². The number of hydrogen-bond donors (Lipinski definition) is 2. The van der Waals surface area contributed by atoms with E-state index in [1.807, 2.05) is 34.6 Å². The second kappa shape index (κ2) is 16.7. The molecule has 1 saturated heterocycles. The van der Waals surface area contributed by atoms with Gasteiger partial charge in [0.1, 0.15) is 17.6 Å². The number of piperidine rings is 1. The Morgan fingerprint density at radius 2 is 1.77 bits per heavy atom. The number of methoxy groups -OCH3 is 1. The Morgan fingerprint density at radius 3 is 2.40 bits per heavy atom. The van der Waals surface area contributed by atoms with E-state index in [0.29, 0.717) is 42.0 Å². The molecule has 0 spiro atoms. The number of aliphatic hydroxyl groups excluding tert-OH is 2. The number of amides is 2. The Morgan fingerprint density at radius 1 is 1.06 bits per heavy atom. The van der Waals surface area contributed by atoms with Crippen molar-refractivity contribution in [2.75, 3.05) is 51.5 Å². The maximum atomic E-state index is 14.2. The maximum absolute atomic E-state index is 14.2. The van der Waals surface area contributed by atoms with E-state index >= 15 is 0 Å². The summed E-state index contributed by atoms with van der Waals surface area (Å²) in [7, 11) is 1.51. The van der Waals surface area contributed by atoms with Gasteiger partial charge in [0.2, 0.25) is 11.8 Å². The van der Waals surface area contributed by atoms with E-state index < -0.39 is 16.9 Å². The highest BCUT2D eigenvalue weighted by Gasteiger charge is 2.34. The first kappa shape index (κ1) is 38.1. The van der Waals surface area contributed by atoms with Crippen LogP contribution in [0.4, 0.5) is 5.69 Å². The Labute approximate surface area is 283 Å². The molecular weight excluding hydrogens is 624 g/mol. The molecule has 2 atom stereocenters. The fourth-order valence-corrected chi connectivity index (χ4v) is 5.73. The van der Waals surface area contributed by atoms with Crippen LogP contribution >= 0.6 is 11.6 Å². The fraction of sp³-hybridized carbons (Fsp3) is 0.583. The average molecular weight is 675 g/mol. The van der Waals surface area contributed by atoms with Crippen molar-refractivity contribution in [2.45, 2.75) is 73.3 Å². The van der Waals surface area contributed by atoms with Crippen molar-refractivity contribution in [3.8, 4) is 11.5 Å². The van der Waals surface area contributed by atoms with Crippen LogP contribution in [0.2, 0.25) is 5.02 Å². The molecule has 2 N–H and O–H groups in total. The molecule has 0 bridgehead atoms. The van der Waals surface area contributed by atoms with Gasteiger partial charge in [-0.1, -0.05) is 64.4 Å². The van der Waals surface area contributed by atoms with Crippen molar-refractivity contribution in [1.82, 2.24) is 4.90 Å². The van der Waals surface area contributed by atoms with Crippen molar-refractivity contribution in [3.63, 3.8) is 0 Å². The molecular formula is C36H51ClN2O8. The van der Waals surface area contributed by atoms with Gasteiger partial charge in [0.25, 0.3) is 0 Å². The molecule has 0 unspecified atom stereocenters. The fourth-order valence-electron chi connectivity index (χ4n) is 5.51. The first-order valence-corrected chi connectivity index (χ1v) is 16.6. The van der Waals surface area contributed by atoms with Gasteiger partial charge in [0.05, 0.1) is 38.5 Å². The van der Waals surface area contributed by atoms with Crippen molar-refractivity contribution in [3.05, 3.63) is 52.5 Å². The van der Waals surface area contributed by atoms with Crippen LogP contribution in [0.5, 0.6) is 11.5 Å². The van der Waals surface area contributed by atoms with E-state index in [0.717, 1.165) is 0 Å². The summed E-state index contributed by atoms with van der Waals surface area (Å²) in [5, 5.41) is 22.1. The molecule has 2 aromatic rings. The zero-order valence-electron chi connectivity index (χ0n) is 28.8. The topological polar surface area (TPSA) is 126 Å². The Kier molecular flexibility index (Phi) is 13.5. The number of esters is 1. The summed E-state index contributed by atoms with van der Waals surface area (Å²) in [6.45, 7) is 12.7. The molecule has 0 radical (unpaired) electrons. The summed E-state index contributed by atoms with van der Waals surface area (Å²) in [5.41, 5.74) is 0.125. The smallest absolute Gasteiger partial charge is 0.310 e. The lowest BCUT2D eigenvalue weighted by molar-refractivity contribution is -0.151. The second-order valence-corrected chi connectivity index (χ2v) is 14.5. The lowest BCUT2D eigenvalue weighted by Crippen LogP contribution is -2.43. The van der Waals surface area contributed by atoms with Crippen LogP contribution in [0.25, 0.3) is 0 Å². The number of nitrogens with zero attached hydrogens (tertiary/aromatic N) is 2. The number of ether oxygens (including phenoxy) is 3. The summed E-state index contributed by atoms with van der Waals surface area (Å²) >= 11 is 6.61. The number of carbonyl (C=O) groups excluding carboxylic acids is 3. The number of halogens is 1. The second-order valence-electron chi connectivity index (χ2n) is 14.1. The first-order chi connectivity index (χ1) is 22.1. The normalized spacial score (nSPS) is 16.0. The van der Waals surface area contributed by atoms with Gasteiger partial charge in [-0.2, -0.15) is 0 Å². The summed E-state index contributed by atoms with van der Waals surface area (Å²) in [5.74, 6) is -0.518. The van der Waals surface area contributed by atoms with Crippen LogP contribution in [0.3, 0.4) is 0 Å². The van der Waals surface area contributed by atoms with Gasteiger partial charge < -0.3 is 34.2 Å². The molecule has 0 aliphatic carbocycles. The van der Waals surface area contributed by atoms with Gasteiger partial charge in [-0.25, -0.2) is 0 Å². The molecule has 0 saturated carbocycles. The van der Waals surface area contributed by atoms with Gasteiger partial charge in [-0.3, -0.25) is 14.4 Å². The van der Waals surface area contributed by atoms with E-state index in [1.54, 1.807) is 53.1 Å². The molecule has 0 aromatic heterocycles. The van der Waals surface area contributed by atoms with Crippen LogP contribution < -0.4 is 14.4 Å². The standard InChI is InChI=1S/C36H51ClN2O8/c1-8-46-34(44)24-12-11-17-38(20-24)30(41)15-16-31(42)39(21-35(2,3)4)32-27(33(43)26-13-9-10-14-28(26)45-7)18-25(37)19-29(32)47-23-36(5,6)22-40/h9-10,13-14,18-19,24,33,40,43H,8,11-12,15-17,20-23H2,1-7H3/t24-,33+/m0/s1. The Bertz CT molecular complexity index is 1390. The number of carbonyl (C=O) groups is 3. The predicted molar refractivity (Wildman–Crippen MR) is 182 cm³/mol. The average Bonchev–Trinajstić information content (AvgIpc) is 3.04. The summed E-state index contributed by atoms with van der Waals surface area (Å²) < 4.78 is 17.0. The predicted octanol–water partition coefficient (Wildman–Crippen LogP) is 5.79. The highest BCUT2D eigenvalue weighted by molar-refractivity contribution is 6.31. The molecule has 1 heterocycles. The zero-order valence-corrected chi connectivity index (χ0v) is 29.6. The monoisotopic (exact) mass is 674 g/mol. The maximum Gasteiger partial charge on any atom is 0.310 e. The summed E-state index contributed by atoms with van der Waals surface area (Å²) in [6.07, 6.45) is -0.0767. The quantitative estimate of drug-likeness (QED) is 0.241. The third kappa shape index (κ3) is 10.6. The summed E-state index contributed by atoms with van der Waals surface area (Å²) in [4.78, 5) is 43.1. The zero-order chi connectivity index (χ0) is 34.9. The van der Waals surface area contributed by atoms with Gasteiger partial charge in [0.15, 0.2) is 0 Å². The van der Waals surface area contributed by atoms with Crippen LogP contribution in [-0.4, -0.2) is 79.5 Å². The van der Waals surface area contributed by atoms with Crippen LogP contribution in [0.1, 0.15) is 84.5 Å². The number of rotatable bonds is 14. The van der Waals surface area contributed by atoms with Gasteiger partial charge >= 0.3 is 5.97 Å². The van der Waals surface area contributed by atoms with Crippen molar-refractivity contribution < 1.29 is 38.8 Å². The molecule has 1 aliphatic heterocycles.